The van der Waals surface area contributed by atoms with E-state index in [4.69, 9.17) is 0 Å². The number of hydrogen-bond acceptors (Lipinski definition) is 7. The molecule has 0 saturated carbocycles. The van der Waals surface area contributed by atoms with Crippen molar-refractivity contribution >= 4 is 56.7 Å². The molecule has 1 saturated heterocycles. The first-order valence-corrected chi connectivity index (χ1v) is 10.1. The van der Waals surface area contributed by atoms with E-state index >= 15 is 0 Å². The molecule has 1 aromatic heterocycles. The van der Waals surface area contributed by atoms with Crippen molar-refractivity contribution in [2.75, 3.05) is 11.9 Å². The second-order valence-corrected chi connectivity index (χ2v) is 7.83. The average molecular weight is 403 g/mol. The van der Waals surface area contributed by atoms with Gasteiger partial charge in [-0.15, -0.1) is 11.3 Å². The van der Waals surface area contributed by atoms with E-state index in [2.05, 4.69) is 15.3 Å². The van der Waals surface area contributed by atoms with E-state index in [0.29, 0.717) is 28.1 Å². The molecule has 1 aliphatic rings. The number of hydrogen-bond donors (Lipinski definition) is 1. The molecule has 1 unspecified atom stereocenters. The van der Waals surface area contributed by atoms with Crippen LogP contribution < -0.4 is 5.32 Å². The summed E-state index contributed by atoms with van der Waals surface area (Å²) in [5, 5.41) is 5.18. The number of ketones is 1. The predicted molar refractivity (Wildman–Crippen MR) is 108 cm³/mol. The molecule has 3 rings (SSSR count). The molecule has 2 amide bonds. The van der Waals surface area contributed by atoms with Gasteiger partial charge in [-0.1, -0.05) is 23.9 Å². The number of nitrogens with zero attached hydrogens (tertiary/aromatic N) is 3. The van der Waals surface area contributed by atoms with Crippen LogP contribution in [0.15, 0.2) is 40.8 Å². The van der Waals surface area contributed by atoms with Gasteiger partial charge in [-0.2, -0.15) is 4.99 Å². The van der Waals surface area contributed by atoms with Gasteiger partial charge in [-0.3, -0.25) is 19.3 Å². The number of amidine groups is 1. The third-order valence-electron chi connectivity index (χ3n) is 3.87. The van der Waals surface area contributed by atoms with Crippen molar-refractivity contribution < 1.29 is 14.4 Å². The first-order valence-electron chi connectivity index (χ1n) is 8.35. The normalized spacial score (nSPS) is 18.1. The van der Waals surface area contributed by atoms with Gasteiger partial charge in [0.25, 0.3) is 0 Å². The van der Waals surface area contributed by atoms with Crippen LogP contribution in [0, 0.1) is 0 Å². The van der Waals surface area contributed by atoms with E-state index < -0.39 is 5.25 Å². The van der Waals surface area contributed by atoms with Crippen LogP contribution in [0.2, 0.25) is 0 Å². The lowest BCUT2D eigenvalue weighted by atomic mass is 10.1. The van der Waals surface area contributed by atoms with Crippen LogP contribution >= 0.6 is 23.1 Å². The maximum atomic E-state index is 12.6. The van der Waals surface area contributed by atoms with Crippen molar-refractivity contribution in [2.24, 2.45) is 4.99 Å². The van der Waals surface area contributed by atoms with Crippen LogP contribution in [0.1, 0.15) is 30.6 Å². The van der Waals surface area contributed by atoms with Gasteiger partial charge in [0.15, 0.2) is 11.0 Å². The molecule has 140 valence electrons. The van der Waals surface area contributed by atoms with Gasteiger partial charge in [0.1, 0.15) is 5.25 Å². The summed E-state index contributed by atoms with van der Waals surface area (Å²) >= 11 is 2.66. The summed E-state index contributed by atoms with van der Waals surface area (Å²) in [6.07, 6.45) is 1.68. The molecule has 9 heteroatoms. The maximum Gasteiger partial charge on any atom is 0.242 e. The molecule has 1 aromatic carbocycles. The third kappa shape index (κ3) is 4.61. The van der Waals surface area contributed by atoms with Crippen molar-refractivity contribution in [1.29, 1.82) is 0 Å². The van der Waals surface area contributed by atoms with E-state index in [0.717, 1.165) is 0 Å². The van der Waals surface area contributed by atoms with Crippen LogP contribution in [0.4, 0.5) is 10.8 Å². The van der Waals surface area contributed by atoms with E-state index in [-0.39, 0.29) is 24.0 Å². The first kappa shape index (κ1) is 19.2. The van der Waals surface area contributed by atoms with Crippen LogP contribution in [0.25, 0.3) is 0 Å². The molecule has 2 aromatic rings. The van der Waals surface area contributed by atoms with Gasteiger partial charge in [0.05, 0.1) is 0 Å². The van der Waals surface area contributed by atoms with Crippen LogP contribution in [0.3, 0.4) is 0 Å². The minimum absolute atomic E-state index is 0.0290. The summed E-state index contributed by atoms with van der Waals surface area (Å²) in [4.78, 5) is 46.5. The highest BCUT2D eigenvalue weighted by molar-refractivity contribution is 8.15. The number of nitrogens with one attached hydrogen (secondary N) is 1. The smallest absolute Gasteiger partial charge is 0.242 e. The van der Waals surface area contributed by atoms with Gasteiger partial charge >= 0.3 is 0 Å². The fourth-order valence-corrected chi connectivity index (χ4v) is 4.33. The average Bonchev–Trinajstić information content (AvgIpc) is 3.24. The monoisotopic (exact) mass is 402 g/mol. The Kier molecular flexibility index (Phi) is 6.02. The topological polar surface area (TPSA) is 91.7 Å². The number of aromatic nitrogens is 1. The Morgan fingerprint density at radius 1 is 1.37 bits per heavy atom. The zero-order valence-electron chi connectivity index (χ0n) is 14.8. The van der Waals surface area contributed by atoms with Crippen LogP contribution in [0.5, 0.6) is 0 Å². The van der Waals surface area contributed by atoms with E-state index in [9.17, 15) is 14.4 Å². The maximum absolute atomic E-state index is 12.6. The zero-order valence-corrected chi connectivity index (χ0v) is 16.5. The van der Waals surface area contributed by atoms with E-state index in [1.807, 2.05) is 12.3 Å². The molecule has 1 atom stereocenters. The fraction of sp³-hybridized carbons (Fsp3) is 0.278. The molecule has 0 radical (unpaired) electrons. The fourth-order valence-electron chi connectivity index (χ4n) is 2.57. The molecule has 0 spiro atoms. The molecule has 7 nitrogen and oxygen atoms in total. The SMILES string of the molecule is CCN1C(=O)C(CC(=O)Nc2cccc(C(C)=O)c2)SC1=Nc1nccs1. The van der Waals surface area contributed by atoms with Crippen molar-refractivity contribution in [2.45, 2.75) is 25.5 Å². The van der Waals surface area contributed by atoms with E-state index in [1.54, 1.807) is 35.4 Å². The van der Waals surface area contributed by atoms with Crippen molar-refractivity contribution in [3.8, 4) is 0 Å². The number of benzene rings is 1. The lowest BCUT2D eigenvalue weighted by Crippen LogP contribution is -2.33. The number of thioether (sulfide) groups is 1. The molecule has 0 aliphatic carbocycles. The van der Waals surface area contributed by atoms with Gasteiger partial charge in [-0.25, -0.2) is 4.98 Å². The molecule has 1 aliphatic heterocycles. The number of carbonyl (C=O) groups excluding carboxylic acids is 3. The number of rotatable bonds is 6. The summed E-state index contributed by atoms with van der Waals surface area (Å²) in [5.41, 5.74) is 1.06. The van der Waals surface area contributed by atoms with Gasteiger partial charge < -0.3 is 5.32 Å². The molecule has 1 fully saturated rings. The first-order chi connectivity index (χ1) is 13.0. The number of aliphatic imine (C=N–C) groups is 1. The minimum Gasteiger partial charge on any atom is -0.326 e. The number of Topliss-reactive ketones (excluding diaryl/α,β-unsaturated/α-hetero) is 1. The summed E-state index contributed by atoms with van der Waals surface area (Å²) in [7, 11) is 0. The Balaban J connectivity index is 1.68. The summed E-state index contributed by atoms with van der Waals surface area (Å²) < 4.78 is 0. The molecule has 1 N–H and O–H groups in total. The molecular weight excluding hydrogens is 384 g/mol. The Morgan fingerprint density at radius 3 is 2.85 bits per heavy atom. The van der Waals surface area contributed by atoms with Gasteiger partial charge in [0, 0.05) is 35.8 Å². The molecule has 2 heterocycles. The van der Waals surface area contributed by atoms with Crippen molar-refractivity contribution in [3.63, 3.8) is 0 Å². The highest BCUT2D eigenvalue weighted by Gasteiger charge is 2.38. The highest BCUT2D eigenvalue weighted by Crippen LogP contribution is 2.32. The van der Waals surface area contributed by atoms with Gasteiger partial charge in [0.2, 0.25) is 16.9 Å². The predicted octanol–water partition coefficient (Wildman–Crippen LogP) is 3.33. The number of carbonyl (C=O) groups is 3. The number of amides is 2. The molecule has 0 bridgehead atoms. The quantitative estimate of drug-likeness (QED) is 0.749. The summed E-state index contributed by atoms with van der Waals surface area (Å²) in [6.45, 7) is 3.82. The second kappa shape index (κ2) is 8.45. The summed E-state index contributed by atoms with van der Waals surface area (Å²) in [6, 6.07) is 6.73. The van der Waals surface area contributed by atoms with Crippen LogP contribution in [-0.4, -0.2) is 44.4 Å². The van der Waals surface area contributed by atoms with Crippen LogP contribution in [-0.2, 0) is 9.59 Å². The van der Waals surface area contributed by atoms with Crippen molar-refractivity contribution in [1.82, 2.24) is 9.88 Å². The Hall–Kier alpha value is -2.52. The third-order valence-corrected chi connectivity index (χ3v) is 5.71. The Morgan fingerprint density at radius 2 is 2.19 bits per heavy atom. The molecule has 27 heavy (non-hydrogen) atoms. The Labute approximate surface area is 164 Å². The van der Waals surface area contributed by atoms with E-state index in [1.165, 1.54) is 30.0 Å². The minimum atomic E-state index is -0.528. The lowest BCUT2D eigenvalue weighted by molar-refractivity contribution is -0.128. The highest BCUT2D eigenvalue weighted by atomic mass is 32.2. The van der Waals surface area contributed by atoms with Gasteiger partial charge in [-0.05, 0) is 26.0 Å². The Bertz CT molecular complexity index is 896. The second-order valence-electron chi connectivity index (χ2n) is 5.79. The standard InChI is InChI=1S/C18H18N4O3S2/c1-3-22-16(25)14(27-18(22)21-17-19-7-8-26-17)10-15(24)20-13-6-4-5-12(9-13)11(2)23/h4-9,14H,3,10H2,1-2H3,(H,20,24). The largest absolute Gasteiger partial charge is 0.326 e. The summed E-state index contributed by atoms with van der Waals surface area (Å²) in [5.74, 6) is -0.493. The lowest BCUT2D eigenvalue weighted by Gasteiger charge is -2.13. The number of anilines is 1. The zero-order chi connectivity index (χ0) is 19.4. The van der Waals surface area contributed by atoms with Crippen molar-refractivity contribution in [3.05, 3.63) is 41.4 Å². The molecular formula is C18H18N4O3S2. The number of thiazole rings is 1.